The largest absolute Gasteiger partial charge is 0.503 e. The molecule has 1 aromatic carbocycles. The first kappa shape index (κ1) is 17.0. The predicted octanol–water partition coefficient (Wildman–Crippen LogP) is 1.84. The van der Waals surface area contributed by atoms with Gasteiger partial charge in [0.2, 0.25) is 5.82 Å². The van der Waals surface area contributed by atoms with Gasteiger partial charge >= 0.3 is 5.69 Å². The molecular formula is C15H10F3N3O3S. The van der Waals surface area contributed by atoms with Crippen LogP contribution in [0.5, 0.6) is 5.75 Å². The summed E-state index contributed by atoms with van der Waals surface area (Å²) in [5.74, 6) is -5.81. The van der Waals surface area contributed by atoms with Crippen LogP contribution in [0.4, 0.5) is 13.2 Å². The van der Waals surface area contributed by atoms with Crippen molar-refractivity contribution >= 4 is 11.3 Å². The van der Waals surface area contributed by atoms with Crippen molar-refractivity contribution in [2.45, 2.75) is 6.54 Å². The van der Waals surface area contributed by atoms with Gasteiger partial charge in [0, 0.05) is 30.4 Å². The number of aromatic nitrogens is 3. The van der Waals surface area contributed by atoms with Crippen molar-refractivity contribution in [1.82, 2.24) is 14.1 Å². The molecule has 2 heterocycles. The van der Waals surface area contributed by atoms with E-state index < -0.39 is 34.5 Å². The lowest BCUT2D eigenvalue weighted by molar-refractivity contribution is 0.377. The zero-order valence-electron chi connectivity index (χ0n) is 12.7. The third kappa shape index (κ3) is 2.95. The average molecular weight is 369 g/mol. The maximum atomic E-state index is 13.9. The van der Waals surface area contributed by atoms with Gasteiger partial charge in [0.05, 0.1) is 12.1 Å². The molecule has 0 saturated carbocycles. The summed E-state index contributed by atoms with van der Waals surface area (Å²) in [6.07, 6.45) is 2.66. The van der Waals surface area contributed by atoms with Crippen LogP contribution in [0.3, 0.4) is 0 Å². The first-order valence-corrected chi connectivity index (χ1v) is 7.69. The summed E-state index contributed by atoms with van der Waals surface area (Å²) in [5, 5.41) is 9.29. The molecule has 0 bridgehead atoms. The van der Waals surface area contributed by atoms with Crippen molar-refractivity contribution in [2.75, 3.05) is 0 Å². The minimum absolute atomic E-state index is 0.0135. The number of rotatable bonds is 3. The van der Waals surface area contributed by atoms with Crippen molar-refractivity contribution < 1.29 is 18.3 Å². The highest BCUT2D eigenvalue weighted by atomic mass is 32.1. The second-order valence-corrected chi connectivity index (χ2v) is 6.25. The minimum Gasteiger partial charge on any atom is -0.503 e. The third-order valence-corrected chi connectivity index (χ3v) is 4.52. The van der Waals surface area contributed by atoms with Gasteiger partial charge in [-0.15, -0.1) is 11.3 Å². The first-order valence-electron chi connectivity index (χ1n) is 6.87. The zero-order valence-corrected chi connectivity index (χ0v) is 13.5. The van der Waals surface area contributed by atoms with Gasteiger partial charge in [-0.3, -0.25) is 13.9 Å². The molecule has 0 aliphatic carbocycles. The lowest BCUT2D eigenvalue weighted by atomic mass is 10.2. The Labute approximate surface area is 142 Å². The number of nitrogens with zero attached hydrogens (tertiary/aromatic N) is 3. The summed E-state index contributed by atoms with van der Waals surface area (Å²) in [6, 6.07) is 1.82. The lowest BCUT2D eigenvalue weighted by Crippen LogP contribution is -2.36. The van der Waals surface area contributed by atoms with Crippen LogP contribution in [0, 0.1) is 17.5 Å². The Morgan fingerprint density at radius 1 is 1.24 bits per heavy atom. The van der Waals surface area contributed by atoms with Crippen LogP contribution < -0.4 is 11.2 Å². The van der Waals surface area contributed by atoms with Crippen LogP contribution in [-0.4, -0.2) is 19.2 Å². The van der Waals surface area contributed by atoms with Gasteiger partial charge < -0.3 is 5.11 Å². The predicted molar refractivity (Wildman–Crippen MR) is 84.1 cm³/mol. The Bertz CT molecular complexity index is 1090. The second-order valence-electron chi connectivity index (χ2n) is 5.14. The molecule has 10 heteroatoms. The molecule has 0 atom stereocenters. The summed E-state index contributed by atoms with van der Waals surface area (Å²) < 4.78 is 42.7. The van der Waals surface area contributed by atoms with Crippen LogP contribution in [0.25, 0.3) is 10.6 Å². The minimum atomic E-state index is -1.67. The van der Waals surface area contributed by atoms with E-state index in [0.717, 1.165) is 15.9 Å². The molecule has 0 radical (unpaired) electrons. The molecule has 3 rings (SSSR count). The molecule has 130 valence electrons. The molecule has 6 nitrogen and oxygen atoms in total. The molecule has 1 N–H and O–H groups in total. The molecule has 0 aliphatic rings. The van der Waals surface area contributed by atoms with Gasteiger partial charge in [0.25, 0.3) is 5.56 Å². The molecule has 0 aliphatic heterocycles. The number of benzene rings is 1. The van der Waals surface area contributed by atoms with Crippen molar-refractivity contribution in [3.63, 3.8) is 0 Å². The number of phenolic OH excluding ortho intramolecular Hbond substituents is 1. The summed E-state index contributed by atoms with van der Waals surface area (Å²) in [5.41, 5.74) is -1.38. The van der Waals surface area contributed by atoms with Crippen molar-refractivity contribution in [3.8, 4) is 16.3 Å². The fourth-order valence-electron chi connectivity index (χ4n) is 2.16. The molecule has 0 amide bonds. The molecule has 0 fully saturated rings. The Kier molecular flexibility index (Phi) is 4.21. The maximum absolute atomic E-state index is 13.9. The van der Waals surface area contributed by atoms with E-state index in [4.69, 9.17) is 0 Å². The summed E-state index contributed by atoms with van der Waals surface area (Å²) in [7, 11) is 1.33. The SMILES string of the molecule is Cn1c(=O)ccn(Cc2cnc(-c3cc(F)c(F)c(O)c3F)s2)c1=O. The van der Waals surface area contributed by atoms with Gasteiger partial charge in [-0.2, -0.15) is 4.39 Å². The van der Waals surface area contributed by atoms with Gasteiger partial charge in [-0.05, 0) is 6.07 Å². The van der Waals surface area contributed by atoms with E-state index in [1.165, 1.54) is 30.1 Å². The van der Waals surface area contributed by atoms with Crippen molar-refractivity contribution in [2.24, 2.45) is 7.05 Å². The number of hydrogen-bond acceptors (Lipinski definition) is 5. The molecule has 25 heavy (non-hydrogen) atoms. The fourth-order valence-corrected chi connectivity index (χ4v) is 3.08. The van der Waals surface area contributed by atoms with Crippen LogP contribution in [0.2, 0.25) is 0 Å². The molecule has 0 spiro atoms. The van der Waals surface area contributed by atoms with Crippen LogP contribution in [0.1, 0.15) is 4.88 Å². The number of phenols is 1. The quantitative estimate of drug-likeness (QED) is 0.715. The van der Waals surface area contributed by atoms with E-state index in [-0.39, 0.29) is 17.1 Å². The van der Waals surface area contributed by atoms with Crippen LogP contribution in [0.15, 0.2) is 34.1 Å². The standard InChI is InChI=1S/C15H10F3N3O3S/c1-20-10(22)2-3-21(15(20)24)6-7-5-19-14(25-7)8-4-9(16)12(18)13(23)11(8)17/h2-5,23H,6H2,1H3. The van der Waals surface area contributed by atoms with Gasteiger partial charge in [0.1, 0.15) is 5.01 Å². The topological polar surface area (TPSA) is 77.1 Å². The molecule has 0 saturated heterocycles. The molecule has 0 unspecified atom stereocenters. The monoisotopic (exact) mass is 369 g/mol. The Hall–Kier alpha value is -2.88. The number of halogens is 3. The normalized spacial score (nSPS) is 11.0. The van der Waals surface area contributed by atoms with E-state index in [0.29, 0.717) is 10.9 Å². The Balaban J connectivity index is 1.98. The molecule has 2 aromatic heterocycles. The van der Waals surface area contributed by atoms with E-state index >= 15 is 0 Å². The first-order chi connectivity index (χ1) is 11.8. The van der Waals surface area contributed by atoms with Gasteiger partial charge in [-0.25, -0.2) is 18.6 Å². The second kappa shape index (κ2) is 6.20. The number of thiazole rings is 1. The lowest BCUT2D eigenvalue weighted by Gasteiger charge is -2.05. The highest BCUT2D eigenvalue weighted by Crippen LogP contribution is 2.34. The van der Waals surface area contributed by atoms with E-state index in [2.05, 4.69) is 4.98 Å². The van der Waals surface area contributed by atoms with Gasteiger partial charge in [-0.1, -0.05) is 0 Å². The van der Waals surface area contributed by atoms with E-state index in [1.807, 2.05) is 0 Å². The summed E-state index contributed by atoms with van der Waals surface area (Å²) in [6.45, 7) is 0.0574. The summed E-state index contributed by atoms with van der Waals surface area (Å²) >= 11 is 0.939. The fraction of sp³-hybridized carbons (Fsp3) is 0.133. The summed E-state index contributed by atoms with van der Waals surface area (Å²) in [4.78, 5) is 27.8. The number of hydrogen-bond donors (Lipinski definition) is 1. The van der Waals surface area contributed by atoms with Crippen molar-refractivity contribution in [1.29, 1.82) is 0 Å². The molecular weight excluding hydrogens is 359 g/mol. The highest BCUT2D eigenvalue weighted by molar-refractivity contribution is 7.15. The Morgan fingerprint density at radius 2 is 1.96 bits per heavy atom. The number of aromatic hydroxyl groups is 1. The van der Waals surface area contributed by atoms with E-state index in [9.17, 15) is 27.9 Å². The third-order valence-electron chi connectivity index (χ3n) is 3.50. The van der Waals surface area contributed by atoms with Crippen molar-refractivity contribution in [3.05, 3.63) is 67.7 Å². The molecule has 3 aromatic rings. The average Bonchev–Trinajstić information content (AvgIpc) is 3.05. The highest BCUT2D eigenvalue weighted by Gasteiger charge is 2.21. The Morgan fingerprint density at radius 3 is 2.68 bits per heavy atom. The maximum Gasteiger partial charge on any atom is 0.331 e. The van der Waals surface area contributed by atoms with Crippen LogP contribution >= 0.6 is 11.3 Å². The van der Waals surface area contributed by atoms with Crippen LogP contribution in [-0.2, 0) is 13.6 Å². The van der Waals surface area contributed by atoms with Gasteiger partial charge in [0.15, 0.2) is 17.4 Å². The van der Waals surface area contributed by atoms with E-state index in [1.54, 1.807) is 0 Å². The smallest absolute Gasteiger partial charge is 0.331 e. The zero-order chi connectivity index (χ0) is 18.3.